The van der Waals surface area contributed by atoms with Gasteiger partial charge in [-0.2, -0.15) is 0 Å². The highest BCUT2D eigenvalue weighted by molar-refractivity contribution is 7.09. The van der Waals surface area contributed by atoms with E-state index in [2.05, 4.69) is 10.3 Å². The summed E-state index contributed by atoms with van der Waals surface area (Å²) in [5.74, 6) is 0.124. The second-order valence-corrected chi connectivity index (χ2v) is 8.45. The average molecular weight is 412 g/mol. The lowest BCUT2D eigenvalue weighted by Crippen LogP contribution is -2.48. The molecule has 4 rings (SSSR count). The van der Waals surface area contributed by atoms with Crippen LogP contribution in [0.15, 0.2) is 53.9 Å². The van der Waals surface area contributed by atoms with E-state index in [1.54, 1.807) is 11.3 Å². The molecule has 0 bridgehead atoms. The first kappa shape index (κ1) is 19.1. The van der Waals surface area contributed by atoms with Crippen LogP contribution in [0.3, 0.4) is 0 Å². The molecule has 1 saturated heterocycles. The highest BCUT2D eigenvalue weighted by Gasteiger charge is 2.22. The molecule has 6 heteroatoms. The summed E-state index contributed by atoms with van der Waals surface area (Å²) in [4.78, 5) is 21.7. The zero-order chi connectivity index (χ0) is 19.5. The van der Waals surface area contributed by atoms with Crippen molar-refractivity contribution in [3.63, 3.8) is 0 Å². The van der Waals surface area contributed by atoms with E-state index < -0.39 is 0 Å². The number of carbonyl (C=O) groups excluding carboxylic acids is 1. The van der Waals surface area contributed by atoms with Crippen LogP contribution >= 0.6 is 22.9 Å². The van der Waals surface area contributed by atoms with E-state index in [4.69, 9.17) is 16.6 Å². The number of benzene rings is 2. The van der Waals surface area contributed by atoms with Gasteiger partial charge in [-0.3, -0.25) is 9.69 Å². The van der Waals surface area contributed by atoms with Crippen molar-refractivity contribution in [1.82, 2.24) is 14.8 Å². The number of hydrogen-bond donors (Lipinski definition) is 0. The number of aromatic nitrogens is 1. The van der Waals surface area contributed by atoms with E-state index >= 15 is 0 Å². The van der Waals surface area contributed by atoms with Gasteiger partial charge in [0, 0.05) is 47.7 Å². The number of hydrogen-bond acceptors (Lipinski definition) is 4. The summed E-state index contributed by atoms with van der Waals surface area (Å²) in [6.45, 7) is 6.10. The summed E-state index contributed by atoms with van der Waals surface area (Å²) >= 11 is 7.64. The number of aryl methyl sites for hydroxylation is 1. The predicted molar refractivity (Wildman–Crippen MR) is 115 cm³/mol. The number of carbonyl (C=O) groups is 1. The van der Waals surface area contributed by atoms with Crippen molar-refractivity contribution >= 4 is 28.8 Å². The van der Waals surface area contributed by atoms with Crippen molar-refractivity contribution < 1.29 is 4.79 Å². The van der Waals surface area contributed by atoms with E-state index in [1.807, 2.05) is 60.4 Å². The second-order valence-electron chi connectivity index (χ2n) is 7.07. The van der Waals surface area contributed by atoms with Crippen LogP contribution in [0.2, 0.25) is 5.02 Å². The fraction of sp³-hybridized carbons (Fsp3) is 0.273. The minimum Gasteiger partial charge on any atom is -0.336 e. The Balaban J connectivity index is 1.33. The van der Waals surface area contributed by atoms with Crippen LogP contribution in [0.4, 0.5) is 0 Å². The molecule has 3 aromatic rings. The lowest BCUT2D eigenvalue weighted by molar-refractivity contribution is 0.0628. The average Bonchev–Trinajstić information content (AvgIpc) is 3.18. The van der Waals surface area contributed by atoms with Crippen molar-refractivity contribution in [2.24, 2.45) is 0 Å². The molecule has 1 amide bonds. The zero-order valence-corrected chi connectivity index (χ0v) is 17.3. The Morgan fingerprint density at radius 2 is 1.71 bits per heavy atom. The Bertz CT molecular complexity index is 945. The first-order valence-electron chi connectivity index (χ1n) is 9.37. The summed E-state index contributed by atoms with van der Waals surface area (Å²) in [7, 11) is 0. The van der Waals surface area contributed by atoms with Gasteiger partial charge in [-0.25, -0.2) is 4.98 Å². The molecule has 0 spiro atoms. The molecular weight excluding hydrogens is 390 g/mol. The van der Waals surface area contributed by atoms with Crippen LogP contribution in [0, 0.1) is 6.92 Å². The molecule has 2 aromatic carbocycles. The van der Waals surface area contributed by atoms with Gasteiger partial charge in [-0.1, -0.05) is 41.4 Å². The fourth-order valence-electron chi connectivity index (χ4n) is 3.32. The molecule has 0 atom stereocenters. The number of nitrogens with zero attached hydrogens (tertiary/aromatic N) is 3. The molecule has 2 heterocycles. The highest BCUT2D eigenvalue weighted by atomic mass is 35.5. The second kappa shape index (κ2) is 8.43. The summed E-state index contributed by atoms with van der Waals surface area (Å²) in [5, 5.41) is 3.93. The Kier molecular flexibility index (Phi) is 5.76. The van der Waals surface area contributed by atoms with Gasteiger partial charge in [0.1, 0.15) is 5.01 Å². The van der Waals surface area contributed by atoms with Gasteiger partial charge in [0.15, 0.2) is 0 Å². The highest BCUT2D eigenvalue weighted by Crippen LogP contribution is 2.24. The number of amides is 1. The number of thiazole rings is 1. The lowest BCUT2D eigenvalue weighted by Gasteiger charge is -2.34. The molecule has 0 aliphatic carbocycles. The molecule has 1 fully saturated rings. The van der Waals surface area contributed by atoms with Crippen molar-refractivity contribution in [2.45, 2.75) is 13.5 Å². The molecular formula is C22H22ClN3OS. The minimum absolute atomic E-state index is 0.124. The topological polar surface area (TPSA) is 36.4 Å². The van der Waals surface area contributed by atoms with Crippen LogP contribution in [-0.4, -0.2) is 46.9 Å². The van der Waals surface area contributed by atoms with Crippen LogP contribution in [0.1, 0.15) is 20.9 Å². The molecule has 1 aromatic heterocycles. The van der Waals surface area contributed by atoms with Crippen LogP contribution < -0.4 is 0 Å². The Morgan fingerprint density at radius 3 is 2.39 bits per heavy atom. The maximum atomic E-state index is 12.6. The van der Waals surface area contributed by atoms with Crippen LogP contribution in [0.25, 0.3) is 11.3 Å². The molecule has 0 radical (unpaired) electrons. The van der Waals surface area contributed by atoms with E-state index in [0.29, 0.717) is 0 Å². The van der Waals surface area contributed by atoms with Crippen molar-refractivity contribution in [3.05, 3.63) is 75.1 Å². The lowest BCUT2D eigenvalue weighted by atomic mass is 10.1. The van der Waals surface area contributed by atoms with E-state index in [-0.39, 0.29) is 5.91 Å². The minimum atomic E-state index is 0.124. The maximum absolute atomic E-state index is 12.6. The molecule has 0 saturated carbocycles. The Hall–Kier alpha value is -2.21. The maximum Gasteiger partial charge on any atom is 0.253 e. The molecule has 0 unspecified atom stereocenters. The van der Waals surface area contributed by atoms with Crippen molar-refractivity contribution in [2.75, 3.05) is 26.2 Å². The monoisotopic (exact) mass is 411 g/mol. The summed E-state index contributed by atoms with van der Waals surface area (Å²) in [5.41, 5.74) is 4.01. The van der Waals surface area contributed by atoms with Gasteiger partial charge >= 0.3 is 0 Å². The van der Waals surface area contributed by atoms with Gasteiger partial charge in [0.05, 0.1) is 12.2 Å². The van der Waals surface area contributed by atoms with Gasteiger partial charge in [-0.15, -0.1) is 11.3 Å². The SMILES string of the molecule is Cc1ccc(C(=O)N2CCN(Cc3nc(-c4ccc(Cl)cc4)cs3)CC2)cc1. The Labute approximate surface area is 174 Å². The van der Waals surface area contributed by atoms with E-state index in [9.17, 15) is 4.79 Å². The standard InChI is InChI=1S/C22H22ClN3OS/c1-16-2-4-18(5-3-16)22(27)26-12-10-25(11-13-26)14-21-24-20(15-28-21)17-6-8-19(23)9-7-17/h2-9,15H,10-14H2,1H3. The molecule has 0 N–H and O–H groups in total. The quantitative estimate of drug-likeness (QED) is 0.622. The van der Waals surface area contributed by atoms with Gasteiger partial charge in [-0.05, 0) is 31.2 Å². The molecule has 28 heavy (non-hydrogen) atoms. The van der Waals surface area contributed by atoms with Crippen LogP contribution in [-0.2, 0) is 6.54 Å². The van der Waals surface area contributed by atoms with E-state index in [0.717, 1.165) is 59.6 Å². The number of rotatable bonds is 4. The summed E-state index contributed by atoms with van der Waals surface area (Å²) in [6, 6.07) is 15.6. The number of piperazine rings is 1. The number of halogens is 1. The largest absolute Gasteiger partial charge is 0.336 e. The van der Waals surface area contributed by atoms with Crippen LogP contribution in [0.5, 0.6) is 0 Å². The van der Waals surface area contributed by atoms with Gasteiger partial charge in [0.25, 0.3) is 5.91 Å². The van der Waals surface area contributed by atoms with Gasteiger partial charge < -0.3 is 4.90 Å². The van der Waals surface area contributed by atoms with E-state index in [1.165, 1.54) is 5.56 Å². The third-order valence-corrected chi connectivity index (χ3v) is 6.09. The summed E-state index contributed by atoms with van der Waals surface area (Å²) < 4.78 is 0. The fourth-order valence-corrected chi connectivity index (χ4v) is 4.29. The molecule has 1 aliphatic rings. The van der Waals surface area contributed by atoms with Gasteiger partial charge in [0.2, 0.25) is 0 Å². The third-order valence-electron chi connectivity index (χ3n) is 5.01. The molecule has 1 aliphatic heterocycles. The normalized spacial score (nSPS) is 15.0. The zero-order valence-electron chi connectivity index (χ0n) is 15.8. The van der Waals surface area contributed by atoms with Crippen molar-refractivity contribution in [3.8, 4) is 11.3 Å². The molecule has 4 nitrogen and oxygen atoms in total. The first-order chi connectivity index (χ1) is 13.6. The molecule has 144 valence electrons. The smallest absolute Gasteiger partial charge is 0.253 e. The summed E-state index contributed by atoms with van der Waals surface area (Å²) in [6.07, 6.45) is 0. The third kappa shape index (κ3) is 4.43. The first-order valence-corrected chi connectivity index (χ1v) is 10.6. The predicted octanol–water partition coefficient (Wildman–Crippen LogP) is 4.73. The van der Waals surface area contributed by atoms with Crippen molar-refractivity contribution in [1.29, 1.82) is 0 Å². The Morgan fingerprint density at radius 1 is 1.04 bits per heavy atom.